The lowest BCUT2D eigenvalue weighted by molar-refractivity contribution is -0.143. The summed E-state index contributed by atoms with van der Waals surface area (Å²) in [5.74, 6) is -7.66. The van der Waals surface area contributed by atoms with E-state index in [0.29, 0.717) is 10.8 Å². The molecule has 16 nitrogen and oxygen atoms in total. The van der Waals surface area contributed by atoms with Crippen LogP contribution in [-0.4, -0.2) is 55.5 Å². The van der Waals surface area contributed by atoms with Gasteiger partial charge in [-0.15, -0.1) is 0 Å². The standard InChI is InChI=1S/C36H34ClFN4O12/c1-8-50-18-41-17-23(38)29(44)42(34(41)49)28(43)19-10-9-11-20(12-19)30(45)52-25-15-24(22(37)16-39-25)51-31(46)21-13-26(53-32(47)35(2,3)4)40-27(14-21)54-33(48)36(5,6)7/h9-17H,8,18H2,1-7H3. The highest BCUT2D eigenvalue weighted by molar-refractivity contribution is 6.32. The first kappa shape index (κ1) is 40.7. The van der Waals surface area contributed by atoms with Crippen molar-refractivity contribution >= 4 is 41.4 Å². The van der Waals surface area contributed by atoms with Gasteiger partial charge in [-0.25, -0.2) is 19.4 Å². The monoisotopic (exact) mass is 768 g/mol. The summed E-state index contributed by atoms with van der Waals surface area (Å²) in [4.78, 5) is 97.9. The van der Waals surface area contributed by atoms with Crippen molar-refractivity contribution in [3.8, 4) is 23.4 Å². The molecule has 0 atom stereocenters. The SMILES string of the molecule is CCOCn1cc(F)c(=O)n(C(=O)c2cccc(C(=O)Oc3cc(OC(=O)c4cc(OC(=O)C(C)(C)C)nc(OC(=O)C(C)(C)C)c4)c(Cl)cn3)c2)c1=O. The number of ether oxygens (including phenoxy) is 5. The van der Waals surface area contributed by atoms with E-state index in [2.05, 4.69) is 9.97 Å². The van der Waals surface area contributed by atoms with Crippen LogP contribution in [0.25, 0.3) is 0 Å². The molecule has 0 radical (unpaired) electrons. The van der Waals surface area contributed by atoms with E-state index in [4.69, 9.17) is 35.3 Å². The van der Waals surface area contributed by atoms with Gasteiger partial charge in [-0.2, -0.15) is 13.9 Å². The van der Waals surface area contributed by atoms with Crippen LogP contribution < -0.4 is 30.2 Å². The van der Waals surface area contributed by atoms with E-state index in [1.165, 1.54) is 18.2 Å². The quantitative estimate of drug-likeness (QED) is 0.202. The van der Waals surface area contributed by atoms with Crippen LogP contribution in [0.2, 0.25) is 5.02 Å². The molecule has 0 aliphatic heterocycles. The van der Waals surface area contributed by atoms with Gasteiger partial charge in [-0.05, 0) is 66.7 Å². The molecule has 18 heteroatoms. The zero-order valence-corrected chi connectivity index (χ0v) is 30.8. The molecule has 0 saturated carbocycles. The summed E-state index contributed by atoms with van der Waals surface area (Å²) < 4.78 is 41.6. The first-order chi connectivity index (χ1) is 25.2. The number of halogens is 2. The molecule has 0 fully saturated rings. The number of aromatic nitrogens is 4. The molecule has 0 N–H and O–H groups in total. The minimum absolute atomic E-state index is 0.0675. The largest absolute Gasteiger partial charge is 0.421 e. The minimum Gasteiger partial charge on any atom is -0.421 e. The van der Waals surface area contributed by atoms with Crippen molar-refractivity contribution in [2.75, 3.05) is 6.61 Å². The highest BCUT2D eigenvalue weighted by Crippen LogP contribution is 2.30. The van der Waals surface area contributed by atoms with Crippen molar-refractivity contribution in [2.45, 2.75) is 55.2 Å². The second-order valence-corrected chi connectivity index (χ2v) is 13.8. The Labute approximate surface area is 311 Å². The number of hydrogen-bond acceptors (Lipinski definition) is 14. The van der Waals surface area contributed by atoms with Crippen LogP contribution in [0.3, 0.4) is 0 Å². The van der Waals surface area contributed by atoms with Gasteiger partial charge < -0.3 is 23.7 Å². The smallest absolute Gasteiger partial charge is 0.344 e. The van der Waals surface area contributed by atoms with Crippen molar-refractivity contribution in [1.82, 2.24) is 19.1 Å². The fourth-order valence-corrected chi connectivity index (χ4v) is 4.13. The maximum absolute atomic E-state index is 14.4. The lowest BCUT2D eigenvalue weighted by atomic mass is 9.97. The summed E-state index contributed by atoms with van der Waals surface area (Å²) in [6, 6.07) is 7.85. The van der Waals surface area contributed by atoms with Gasteiger partial charge in [-0.3, -0.25) is 23.7 Å². The summed E-state index contributed by atoms with van der Waals surface area (Å²) in [6.07, 6.45) is 1.62. The lowest BCUT2D eigenvalue weighted by Gasteiger charge is -2.18. The number of carbonyl (C=O) groups excluding carboxylic acids is 5. The second-order valence-electron chi connectivity index (χ2n) is 13.4. The number of hydrogen-bond donors (Lipinski definition) is 0. The molecular weight excluding hydrogens is 735 g/mol. The number of esters is 4. The molecule has 3 heterocycles. The van der Waals surface area contributed by atoms with E-state index in [1.807, 2.05) is 0 Å². The van der Waals surface area contributed by atoms with Crippen LogP contribution in [0.1, 0.15) is 79.5 Å². The van der Waals surface area contributed by atoms with Crippen LogP contribution in [-0.2, 0) is 21.1 Å². The fraction of sp³-hybridized carbons (Fsp3) is 0.306. The minimum atomic E-state index is -1.51. The van der Waals surface area contributed by atoms with E-state index in [1.54, 1.807) is 48.5 Å². The maximum Gasteiger partial charge on any atom is 0.344 e. The van der Waals surface area contributed by atoms with Gasteiger partial charge >= 0.3 is 29.6 Å². The molecule has 4 aromatic rings. The lowest BCUT2D eigenvalue weighted by Crippen LogP contribution is -2.45. The van der Waals surface area contributed by atoms with Crippen LogP contribution in [0.5, 0.6) is 23.4 Å². The number of nitrogens with zero attached hydrogens (tertiary/aromatic N) is 4. The molecule has 0 amide bonds. The summed E-state index contributed by atoms with van der Waals surface area (Å²) in [5, 5.41) is -0.195. The molecule has 1 aromatic carbocycles. The van der Waals surface area contributed by atoms with Gasteiger partial charge in [0.15, 0.2) is 5.75 Å². The second kappa shape index (κ2) is 16.3. The molecule has 0 aliphatic carbocycles. The van der Waals surface area contributed by atoms with Crippen LogP contribution in [0, 0.1) is 16.6 Å². The molecule has 284 valence electrons. The maximum atomic E-state index is 14.4. The van der Waals surface area contributed by atoms with Crippen molar-refractivity contribution < 1.29 is 52.0 Å². The number of benzene rings is 1. The van der Waals surface area contributed by atoms with E-state index >= 15 is 0 Å². The van der Waals surface area contributed by atoms with Gasteiger partial charge in [0.2, 0.25) is 23.5 Å². The Balaban J connectivity index is 1.58. The molecule has 0 saturated heterocycles. The highest BCUT2D eigenvalue weighted by Gasteiger charge is 2.28. The molecular formula is C36H34ClFN4O12. The predicted octanol–water partition coefficient (Wildman–Crippen LogP) is 4.62. The third-order valence-corrected chi connectivity index (χ3v) is 7.21. The Bertz CT molecular complexity index is 2230. The van der Waals surface area contributed by atoms with E-state index < -0.39 is 70.3 Å². The third-order valence-electron chi connectivity index (χ3n) is 6.92. The molecule has 3 aromatic heterocycles. The zero-order chi connectivity index (χ0) is 40.1. The van der Waals surface area contributed by atoms with Crippen molar-refractivity contribution in [3.05, 3.63) is 103 Å². The highest BCUT2D eigenvalue weighted by atomic mass is 35.5. The Hall–Kier alpha value is -6.07. The average Bonchev–Trinajstić information content (AvgIpc) is 3.09. The van der Waals surface area contributed by atoms with E-state index in [0.717, 1.165) is 30.5 Å². The van der Waals surface area contributed by atoms with Crippen molar-refractivity contribution in [2.24, 2.45) is 10.8 Å². The van der Waals surface area contributed by atoms with E-state index in [9.17, 15) is 38.0 Å². The molecule has 0 spiro atoms. The van der Waals surface area contributed by atoms with Gasteiger partial charge in [0, 0.05) is 30.4 Å². The Morgan fingerprint density at radius 2 is 1.35 bits per heavy atom. The summed E-state index contributed by atoms with van der Waals surface area (Å²) in [5.41, 5.74) is -5.44. The topological polar surface area (TPSA) is 201 Å². The van der Waals surface area contributed by atoms with Crippen LogP contribution in [0.4, 0.5) is 4.39 Å². The molecule has 0 bridgehead atoms. The predicted molar refractivity (Wildman–Crippen MR) is 186 cm³/mol. The molecule has 0 unspecified atom stereocenters. The number of pyridine rings is 2. The van der Waals surface area contributed by atoms with Gasteiger partial charge in [-0.1, -0.05) is 17.7 Å². The number of carbonyl (C=O) groups is 5. The summed E-state index contributed by atoms with van der Waals surface area (Å²) in [7, 11) is 0. The molecule has 4 rings (SSSR count). The summed E-state index contributed by atoms with van der Waals surface area (Å²) in [6.45, 7) is 10.9. The Morgan fingerprint density at radius 1 is 0.778 bits per heavy atom. The normalized spacial score (nSPS) is 11.4. The van der Waals surface area contributed by atoms with E-state index in [-0.39, 0.29) is 50.4 Å². The number of rotatable bonds is 10. The first-order valence-electron chi connectivity index (χ1n) is 16.0. The van der Waals surface area contributed by atoms with Crippen molar-refractivity contribution in [3.63, 3.8) is 0 Å². The molecule has 54 heavy (non-hydrogen) atoms. The van der Waals surface area contributed by atoms with Crippen molar-refractivity contribution in [1.29, 1.82) is 0 Å². The average molecular weight is 769 g/mol. The third kappa shape index (κ3) is 9.87. The zero-order valence-electron chi connectivity index (χ0n) is 30.1. The van der Waals surface area contributed by atoms with Gasteiger partial charge in [0.1, 0.15) is 11.8 Å². The Kier molecular flexibility index (Phi) is 12.3. The van der Waals surface area contributed by atoms with Gasteiger partial charge in [0.05, 0.1) is 34.4 Å². The van der Waals surface area contributed by atoms with Crippen LogP contribution >= 0.6 is 11.6 Å². The molecule has 0 aliphatic rings. The fourth-order valence-electron chi connectivity index (χ4n) is 3.99. The Morgan fingerprint density at radius 3 is 1.93 bits per heavy atom. The van der Waals surface area contributed by atoms with Crippen LogP contribution in [0.15, 0.2) is 64.4 Å². The first-order valence-corrected chi connectivity index (χ1v) is 16.4. The van der Waals surface area contributed by atoms with Gasteiger partial charge in [0.25, 0.3) is 11.5 Å². The summed E-state index contributed by atoms with van der Waals surface area (Å²) >= 11 is 6.21.